The van der Waals surface area contributed by atoms with Crippen molar-refractivity contribution in [3.05, 3.63) is 23.3 Å². The Labute approximate surface area is 87.8 Å². The molecule has 1 aliphatic carbocycles. The second kappa shape index (κ2) is 6.83. The number of ether oxygens (including phenoxy) is 1. The van der Waals surface area contributed by atoms with Crippen molar-refractivity contribution in [2.45, 2.75) is 45.4 Å². The molecule has 0 atom stereocenters. The van der Waals surface area contributed by atoms with Crippen LogP contribution in [0.4, 0.5) is 0 Å². The lowest BCUT2D eigenvalue weighted by molar-refractivity contribution is 0.192. The maximum atomic E-state index is 5.02. The minimum Gasteiger partial charge on any atom is -0.385 e. The van der Waals surface area contributed by atoms with Gasteiger partial charge in [-0.1, -0.05) is 29.7 Å². The van der Waals surface area contributed by atoms with Gasteiger partial charge in [-0.3, -0.25) is 0 Å². The van der Waals surface area contributed by atoms with E-state index in [0.29, 0.717) is 0 Å². The molecule has 0 unspecified atom stereocenters. The fourth-order valence-electron chi connectivity index (χ4n) is 1.77. The second-order valence-corrected chi connectivity index (χ2v) is 4.14. The zero-order valence-electron chi connectivity index (χ0n) is 9.51. The summed E-state index contributed by atoms with van der Waals surface area (Å²) < 4.78 is 5.02. The molecule has 14 heavy (non-hydrogen) atoms. The Bertz CT molecular complexity index is 213. The molecule has 0 amide bonds. The lowest BCUT2D eigenvalue weighted by Crippen LogP contribution is -1.93. The van der Waals surface area contributed by atoms with E-state index in [1.54, 1.807) is 12.7 Å². The first kappa shape index (κ1) is 11.5. The first-order valence-corrected chi connectivity index (χ1v) is 5.67. The summed E-state index contributed by atoms with van der Waals surface area (Å²) in [4.78, 5) is 0. The summed E-state index contributed by atoms with van der Waals surface area (Å²) in [5, 5.41) is 0. The molecule has 0 radical (unpaired) electrons. The minimum atomic E-state index is 0.915. The molecule has 0 aromatic heterocycles. The van der Waals surface area contributed by atoms with E-state index < -0.39 is 0 Å². The Kier molecular flexibility index (Phi) is 5.62. The van der Waals surface area contributed by atoms with Crippen molar-refractivity contribution in [3.8, 4) is 0 Å². The van der Waals surface area contributed by atoms with Crippen LogP contribution in [0.2, 0.25) is 0 Å². The SMILES string of the molecule is COCCCCCC1=CC=C(C)CC1. The molecule has 1 heteroatoms. The average Bonchev–Trinajstić information content (AvgIpc) is 2.21. The monoisotopic (exact) mass is 194 g/mol. The molecule has 0 saturated carbocycles. The van der Waals surface area contributed by atoms with E-state index in [4.69, 9.17) is 4.74 Å². The van der Waals surface area contributed by atoms with Crippen LogP contribution < -0.4 is 0 Å². The molecule has 1 nitrogen and oxygen atoms in total. The number of methoxy groups -OCH3 is 1. The van der Waals surface area contributed by atoms with Gasteiger partial charge in [0.1, 0.15) is 0 Å². The minimum absolute atomic E-state index is 0.915. The van der Waals surface area contributed by atoms with E-state index in [9.17, 15) is 0 Å². The van der Waals surface area contributed by atoms with Gasteiger partial charge < -0.3 is 4.74 Å². The van der Waals surface area contributed by atoms with Crippen molar-refractivity contribution < 1.29 is 4.74 Å². The molecule has 0 spiro atoms. The van der Waals surface area contributed by atoms with Crippen LogP contribution >= 0.6 is 0 Å². The Morgan fingerprint density at radius 2 is 2.00 bits per heavy atom. The lowest BCUT2D eigenvalue weighted by atomic mass is 9.95. The lowest BCUT2D eigenvalue weighted by Gasteiger charge is -2.11. The molecule has 80 valence electrons. The highest BCUT2D eigenvalue weighted by atomic mass is 16.5. The van der Waals surface area contributed by atoms with Gasteiger partial charge in [-0.15, -0.1) is 0 Å². The van der Waals surface area contributed by atoms with E-state index in [-0.39, 0.29) is 0 Å². The van der Waals surface area contributed by atoms with Gasteiger partial charge >= 0.3 is 0 Å². The first-order chi connectivity index (χ1) is 6.83. The van der Waals surface area contributed by atoms with Gasteiger partial charge in [0.2, 0.25) is 0 Å². The molecular formula is C13H22O. The molecule has 0 aliphatic heterocycles. The average molecular weight is 194 g/mol. The largest absolute Gasteiger partial charge is 0.385 e. The number of rotatable bonds is 6. The third-order valence-electron chi connectivity index (χ3n) is 2.79. The van der Waals surface area contributed by atoms with Gasteiger partial charge in [0, 0.05) is 13.7 Å². The normalized spacial score (nSPS) is 16.4. The highest BCUT2D eigenvalue weighted by Gasteiger charge is 2.02. The highest BCUT2D eigenvalue weighted by Crippen LogP contribution is 2.22. The Balaban J connectivity index is 2.07. The predicted molar refractivity (Wildman–Crippen MR) is 61.4 cm³/mol. The fraction of sp³-hybridized carbons (Fsp3) is 0.692. The molecule has 0 saturated heterocycles. The molecule has 0 fully saturated rings. The fourth-order valence-corrected chi connectivity index (χ4v) is 1.77. The van der Waals surface area contributed by atoms with Gasteiger partial charge in [0.15, 0.2) is 0 Å². The molecule has 0 N–H and O–H groups in total. The van der Waals surface area contributed by atoms with Crippen LogP contribution in [-0.4, -0.2) is 13.7 Å². The van der Waals surface area contributed by atoms with E-state index in [1.807, 2.05) is 0 Å². The number of unbranched alkanes of at least 4 members (excludes halogenated alkanes) is 2. The predicted octanol–water partition coefficient (Wildman–Crippen LogP) is 3.86. The standard InChI is InChI=1S/C13H22O/c1-12-7-9-13(10-8-12)6-4-3-5-11-14-2/h7,9H,3-6,8,10-11H2,1-2H3. The van der Waals surface area contributed by atoms with Crippen molar-refractivity contribution in [3.63, 3.8) is 0 Å². The maximum absolute atomic E-state index is 5.02. The second-order valence-electron chi connectivity index (χ2n) is 4.14. The quantitative estimate of drug-likeness (QED) is 0.583. The Hall–Kier alpha value is -0.560. The number of hydrogen-bond acceptors (Lipinski definition) is 1. The van der Waals surface area contributed by atoms with Gasteiger partial charge in [-0.05, 0) is 39.0 Å². The van der Waals surface area contributed by atoms with E-state index in [0.717, 1.165) is 6.61 Å². The third kappa shape index (κ3) is 4.61. The van der Waals surface area contributed by atoms with Crippen LogP contribution in [0.5, 0.6) is 0 Å². The zero-order chi connectivity index (χ0) is 10.2. The molecule has 0 aromatic rings. The summed E-state index contributed by atoms with van der Waals surface area (Å²) in [6.45, 7) is 3.13. The molecule has 0 aromatic carbocycles. The molecular weight excluding hydrogens is 172 g/mol. The molecule has 0 heterocycles. The molecule has 0 bridgehead atoms. The summed E-state index contributed by atoms with van der Waals surface area (Å²) in [6, 6.07) is 0. The molecule has 1 aliphatic rings. The van der Waals surface area contributed by atoms with Crippen molar-refractivity contribution in [1.82, 2.24) is 0 Å². The van der Waals surface area contributed by atoms with Crippen molar-refractivity contribution in [2.75, 3.05) is 13.7 Å². The molecule has 1 rings (SSSR count). The number of hydrogen-bond donors (Lipinski definition) is 0. The van der Waals surface area contributed by atoms with E-state index in [1.165, 1.54) is 44.1 Å². The van der Waals surface area contributed by atoms with Crippen LogP contribution in [-0.2, 0) is 4.74 Å². The van der Waals surface area contributed by atoms with Crippen LogP contribution in [0.25, 0.3) is 0 Å². The van der Waals surface area contributed by atoms with Gasteiger partial charge in [-0.25, -0.2) is 0 Å². The zero-order valence-corrected chi connectivity index (χ0v) is 9.51. The summed E-state index contributed by atoms with van der Waals surface area (Å²) in [7, 11) is 1.78. The summed E-state index contributed by atoms with van der Waals surface area (Å²) in [5.74, 6) is 0. The van der Waals surface area contributed by atoms with Gasteiger partial charge in [0.05, 0.1) is 0 Å². The van der Waals surface area contributed by atoms with Crippen LogP contribution in [0.15, 0.2) is 23.3 Å². The summed E-state index contributed by atoms with van der Waals surface area (Å²) in [5.41, 5.74) is 3.15. The maximum Gasteiger partial charge on any atom is 0.0462 e. The first-order valence-electron chi connectivity index (χ1n) is 5.67. The summed E-state index contributed by atoms with van der Waals surface area (Å²) >= 11 is 0. The van der Waals surface area contributed by atoms with Gasteiger partial charge in [-0.2, -0.15) is 0 Å². The van der Waals surface area contributed by atoms with E-state index >= 15 is 0 Å². The van der Waals surface area contributed by atoms with Crippen LogP contribution in [0.1, 0.15) is 45.4 Å². The van der Waals surface area contributed by atoms with Crippen LogP contribution in [0, 0.1) is 0 Å². The number of allylic oxidation sites excluding steroid dienone is 4. The highest BCUT2D eigenvalue weighted by molar-refractivity contribution is 5.22. The van der Waals surface area contributed by atoms with E-state index in [2.05, 4.69) is 19.1 Å². The summed E-state index contributed by atoms with van der Waals surface area (Å²) in [6.07, 6.45) is 12.3. The Morgan fingerprint density at radius 1 is 1.14 bits per heavy atom. The van der Waals surface area contributed by atoms with Crippen molar-refractivity contribution in [1.29, 1.82) is 0 Å². The third-order valence-corrected chi connectivity index (χ3v) is 2.79. The van der Waals surface area contributed by atoms with Crippen molar-refractivity contribution >= 4 is 0 Å². The van der Waals surface area contributed by atoms with Gasteiger partial charge in [0.25, 0.3) is 0 Å². The van der Waals surface area contributed by atoms with Crippen molar-refractivity contribution in [2.24, 2.45) is 0 Å². The topological polar surface area (TPSA) is 9.23 Å². The smallest absolute Gasteiger partial charge is 0.0462 e. The van der Waals surface area contributed by atoms with Crippen LogP contribution in [0.3, 0.4) is 0 Å². The Morgan fingerprint density at radius 3 is 2.64 bits per heavy atom.